The molecule has 13 nitrogen and oxygen atoms in total. The summed E-state index contributed by atoms with van der Waals surface area (Å²) in [6, 6.07) is 0. The zero-order valence-corrected chi connectivity index (χ0v) is 17.7. The molecule has 2 rings (SSSR count). The highest BCUT2D eigenvalue weighted by atomic mass is 79.9. The van der Waals surface area contributed by atoms with E-state index in [1.807, 2.05) is 0 Å². The molecule has 1 aliphatic heterocycles. The molecule has 30 heavy (non-hydrogen) atoms. The zero-order chi connectivity index (χ0) is 22.4. The molecule has 0 amide bonds. The summed E-state index contributed by atoms with van der Waals surface area (Å²) >= 11 is 3.31. The van der Waals surface area contributed by atoms with Crippen LogP contribution in [0.4, 0.5) is 0 Å². The van der Waals surface area contributed by atoms with Crippen LogP contribution >= 0.6 is 15.9 Å². The summed E-state index contributed by atoms with van der Waals surface area (Å²) in [6.07, 6.45) is -2.25. The fourth-order valence-corrected chi connectivity index (χ4v) is 3.35. The van der Waals surface area contributed by atoms with Crippen molar-refractivity contribution in [2.45, 2.75) is 43.5 Å². The van der Waals surface area contributed by atoms with E-state index >= 15 is 0 Å². The second-order valence-electron chi connectivity index (χ2n) is 6.08. The molecule has 1 fully saturated rings. The molecular weight excluding hydrogens is 476 g/mol. The minimum absolute atomic E-state index is 0.0400. The second-order valence-corrected chi connectivity index (χ2v) is 7.14. The third-order valence-electron chi connectivity index (χ3n) is 3.83. The number of carbonyl (C=O) groups is 3. The molecule has 0 aliphatic carbocycles. The van der Waals surface area contributed by atoms with Crippen molar-refractivity contribution >= 4 is 33.8 Å². The molecule has 0 spiro atoms. The van der Waals surface area contributed by atoms with Gasteiger partial charge in [-0.25, -0.2) is 14.4 Å². The summed E-state index contributed by atoms with van der Waals surface area (Å²) in [4.78, 5) is 77.9. The monoisotopic (exact) mass is 494 g/mol. The number of nitrogens with one attached hydrogen (secondary N) is 1. The average molecular weight is 495 g/mol. The highest BCUT2D eigenvalue weighted by Gasteiger charge is 2.47. The fraction of sp³-hybridized carbons (Fsp3) is 0.562. The van der Waals surface area contributed by atoms with Gasteiger partial charge in [0.25, 0.3) is 5.56 Å². The molecule has 0 aromatic carbocycles. The standard InChI is InChI=1S/C16H19BrN2O11/c1-7(20)28-26-6-10-13(30-29-8(2)21)12(17)15(27-10)19-5-9(4-11(22)25-3)14(23)18-16(19)24/h5,10,12-13,15H,4,6H2,1-3H3,(H,18,23,24)/t10-,12?,13?,15-/m0/s1. The average Bonchev–Trinajstić information content (AvgIpc) is 2.97. The van der Waals surface area contributed by atoms with Crippen molar-refractivity contribution in [1.29, 1.82) is 0 Å². The second kappa shape index (κ2) is 10.5. The maximum atomic E-state index is 12.3. The van der Waals surface area contributed by atoms with Gasteiger partial charge in [-0.15, -0.1) is 0 Å². The minimum atomic E-state index is -1.07. The predicted molar refractivity (Wildman–Crippen MR) is 98.0 cm³/mol. The van der Waals surface area contributed by atoms with E-state index in [0.717, 1.165) is 31.7 Å². The van der Waals surface area contributed by atoms with Crippen molar-refractivity contribution < 1.29 is 43.4 Å². The third kappa shape index (κ3) is 5.98. The Hall–Kier alpha value is -2.55. The lowest BCUT2D eigenvalue weighted by molar-refractivity contribution is -0.319. The van der Waals surface area contributed by atoms with Gasteiger partial charge in [0.15, 0.2) is 12.3 Å². The van der Waals surface area contributed by atoms with Crippen molar-refractivity contribution in [2.24, 2.45) is 0 Å². The number of esters is 1. The lowest BCUT2D eigenvalue weighted by Crippen LogP contribution is -2.38. The molecule has 1 aliphatic rings. The van der Waals surface area contributed by atoms with Crippen molar-refractivity contribution in [3.63, 3.8) is 0 Å². The highest BCUT2D eigenvalue weighted by molar-refractivity contribution is 9.09. The molecule has 1 aromatic heterocycles. The van der Waals surface area contributed by atoms with Gasteiger partial charge in [0.05, 0.1) is 18.4 Å². The molecule has 0 radical (unpaired) electrons. The fourth-order valence-electron chi connectivity index (χ4n) is 2.54. The van der Waals surface area contributed by atoms with Crippen LogP contribution in [0.1, 0.15) is 25.6 Å². The number of rotatable bonds is 8. The molecule has 1 saturated heterocycles. The number of aromatic amines is 1. The number of hydrogen-bond donors (Lipinski definition) is 1. The number of halogens is 1. The molecule has 4 atom stereocenters. The van der Waals surface area contributed by atoms with Crippen molar-refractivity contribution in [3.05, 3.63) is 32.6 Å². The van der Waals surface area contributed by atoms with Gasteiger partial charge < -0.3 is 9.47 Å². The highest BCUT2D eigenvalue weighted by Crippen LogP contribution is 2.36. The summed E-state index contributed by atoms with van der Waals surface area (Å²) in [5.41, 5.74) is -1.62. The van der Waals surface area contributed by atoms with Gasteiger partial charge in [-0.3, -0.25) is 28.9 Å². The molecular formula is C16H19BrN2O11. The smallest absolute Gasteiger partial charge is 0.339 e. The molecule has 1 aromatic rings. The number of ether oxygens (including phenoxy) is 2. The van der Waals surface area contributed by atoms with Crippen molar-refractivity contribution in [2.75, 3.05) is 13.7 Å². The Balaban J connectivity index is 2.31. The molecule has 0 bridgehead atoms. The Bertz CT molecular complexity index is 911. The number of methoxy groups -OCH3 is 1. The van der Waals surface area contributed by atoms with Crippen LogP contribution in [-0.2, 0) is 49.8 Å². The van der Waals surface area contributed by atoms with Crippen LogP contribution in [0.5, 0.6) is 0 Å². The van der Waals surface area contributed by atoms with E-state index in [0.29, 0.717) is 0 Å². The Morgan fingerprint density at radius 1 is 1.20 bits per heavy atom. The van der Waals surface area contributed by atoms with Gasteiger partial charge in [-0.05, 0) is 0 Å². The minimum Gasteiger partial charge on any atom is -0.469 e. The molecule has 2 heterocycles. The van der Waals surface area contributed by atoms with E-state index in [1.54, 1.807) is 0 Å². The van der Waals surface area contributed by atoms with Crippen LogP contribution in [0.25, 0.3) is 0 Å². The van der Waals surface area contributed by atoms with Crippen LogP contribution in [-0.4, -0.2) is 58.2 Å². The summed E-state index contributed by atoms with van der Waals surface area (Å²) in [5.74, 6) is -2.13. The number of aromatic nitrogens is 2. The first-order valence-corrected chi connectivity index (χ1v) is 9.40. The van der Waals surface area contributed by atoms with Crippen LogP contribution in [0.3, 0.4) is 0 Å². The Kier molecular flexibility index (Phi) is 8.28. The SMILES string of the molecule is COC(=O)Cc1cn([C@H]2O[C@@H](COOC(C)=O)C(OOC(C)=O)C2Br)c(=O)[nH]c1=O. The molecule has 166 valence electrons. The van der Waals surface area contributed by atoms with Crippen LogP contribution in [0.2, 0.25) is 0 Å². The zero-order valence-electron chi connectivity index (χ0n) is 16.1. The first-order valence-electron chi connectivity index (χ1n) is 8.48. The number of hydrogen-bond acceptors (Lipinski definition) is 11. The number of carbonyl (C=O) groups excluding carboxylic acids is 3. The molecule has 0 saturated carbocycles. The van der Waals surface area contributed by atoms with Gasteiger partial charge >= 0.3 is 23.6 Å². The first kappa shape index (κ1) is 23.7. The number of alkyl halides is 1. The lowest BCUT2D eigenvalue weighted by atomic mass is 10.2. The third-order valence-corrected chi connectivity index (χ3v) is 4.80. The summed E-state index contributed by atoms with van der Waals surface area (Å²) in [7, 11) is 1.16. The maximum absolute atomic E-state index is 12.3. The maximum Gasteiger partial charge on any atom is 0.339 e. The topological polar surface area (TPSA) is 161 Å². The van der Waals surface area contributed by atoms with Gasteiger partial charge in [-0.2, -0.15) is 9.78 Å². The normalized spacial score (nSPS) is 23.1. The van der Waals surface area contributed by atoms with Gasteiger partial charge in [0.1, 0.15) is 12.7 Å². The molecule has 2 unspecified atom stereocenters. The van der Waals surface area contributed by atoms with Crippen LogP contribution in [0.15, 0.2) is 15.8 Å². The largest absolute Gasteiger partial charge is 0.469 e. The predicted octanol–water partition coefficient (Wildman–Crippen LogP) is -0.729. The van der Waals surface area contributed by atoms with E-state index in [1.165, 1.54) is 0 Å². The Morgan fingerprint density at radius 2 is 1.87 bits per heavy atom. The summed E-state index contributed by atoms with van der Waals surface area (Å²) in [6.45, 7) is 1.92. The van der Waals surface area contributed by atoms with E-state index in [4.69, 9.17) is 14.5 Å². The number of H-pyrrole nitrogens is 1. The van der Waals surface area contributed by atoms with E-state index in [2.05, 4.69) is 35.4 Å². The Morgan fingerprint density at radius 3 is 2.47 bits per heavy atom. The van der Waals surface area contributed by atoms with Crippen LogP contribution < -0.4 is 11.2 Å². The summed E-state index contributed by atoms with van der Waals surface area (Å²) < 4.78 is 11.3. The Labute approximate surface area is 177 Å². The van der Waals surface area contributed by atoms with Gasteiger partial charge in [0, 0.05) is 25.6 Å². The van der Waals surface area contributed by atoms with E-state index < -0.39 is 52.4 Å². The number of nitrogens with zero attached hydrogens (tertiary/aromatic N) is 1. The van der Waals surface area contributed by atoms with Crippen molar-refractivity contribution in [3.8, 4) is 0 Å². The first-order chi connectivity index (χ1) is 14.1. The molecule has 1 N–H and O–H groups in total. The van der Waals surface area contributed by atoms with Crippen molar-refractivity contribution in [1.82, 2.24) is 9.55 Å². The van der Waals surface area contributed by atoms with Gasteiger partial charge in [0.2, 0.25) is 0 Å². The molecule has 14 heteroatoms. The van der Waals surface area contributed by atoms with Crippen LogP contribution in [0, 0.1) is 0 Å². The van der Waals surface area contributed by atoms with E-state index in [-0.39, 0.29) is 18.6 Å². The lowest BCUT2D eigenvalue weighted by Gasteiger charge is -2.18. The van der Waals surface area contributed by atoms with Gasteiger partial charge in [-0.1, -0.05) is 15.9 Å². The quantitative estimate of drug-likeness (QED) is 0.210. The van der Waals surface area contributed by atoms with E-state index in [9.17, 15) is 24.0 Å². The summed E-state index contributed by atoms with van der Waals surface area (Å²) in [5, 5.41) is 0.